The van der Waals surface area contributed by atoms with E-state index in [9.17, 15) is 0 Å². The maximum atomic E-state index is 5.69. The van der Waals surface area contributed by atoms with Gasteiger partial charge in [-0.2, -0.15) is 0 Å². The van der Waals surface area contributed by atoms with Gasteiger partial charge in [-0.25, -0.2) is 0 Å². The molecule has 1 atom stereocenters. The highest BCUT2D eigenvalue weighted by atomic mass is 16.5. The number of rotatable bonds is 6. The van der Waals surface area contributed by atoms with E-state index in [1.54, 1.807) is 7.11 Å². The van der Waals surface area contributed by atoms with E-state index < -0.39 is 0 Å². The topological polar surface area (TPSA) is 47.3 Å². The summed E-state index contributed by atoms with van der Waals surface area (Å²) < 4.78 is 5.17. The van der Waals surface area contributed by atoms with E-state index in [2.05, 4.69) is 48.7 Å². The van der Waals surface area contributed by atoms with Crippen molar-refractivity contribution in [3.8, 4) is 5.75 Å². The summed E-state index contributed by atoms with van der Waals surface area (Å²) in [6.45, 7) is 2.12. The number of hydrazine groups is 1. The number of nitrogens with two attached hydrogens (primary N) is 1. The molecule has 0 amide bonds. The van der Waals surface area contributed by atoms with Gasteiger partial charge in [-0.1, -0.05) is 42.0 Å². The highest BCUT2D eigenvalue weighted by molar-refractivity contribution is 5.29. The lowest BCUT2D eigenvalue weighted by atomic mass is 9.98. The van der Waals surface area contributed by atoms with Crippen molar-refractivity contribution < 1.29 is 4.74 Å². The lowest BCUT2D eigenvalue weighted by Crippen LogP contribution is -2.28. The SMILES string of the molecule is COc1ccc(C(CCc2cccc(C)c2)NN)cc1. The van der Waals surface area contributed by atoms with Gasteiger partial charge in [0.15, 0.2) is 0 Å². The van der Waals surface area contributed by atoms with Crippen LogP contribution < -0.4 is 16.0 Å². The maximum absolute atomic E-state index is 5.69. The Morgan fingerprint density at radius 1 is 1.15 bits per heavy atom. The van der Waals surface area contributed by atoms with Crippen LogP contribution in [0, 0.1) is 6.92 Å². The number of hydrogen-bond donors (Lipinski definition) is 2. The standard InChI is InChI=1S/C17H22N2O/c1-13-4-3-5-14(12-13)6-11-17(19-18)15-7-9-16(20-2)10-8-15/h3-5,7-10,12,17,19H,6,11,18H2,1-2H3. The van der Waals surface area contributed by atoms with Crippen LogP contribution in [0.25, 0.3) is 0 Å². The van der Waals surface area contributed by atoms with E-state index in [0.717, 1.165) is 18.6 Å². The predicted octanol–water partition coefficient (Wildman–Crippen LogP) is 3.14. The third kappa shape index (κ3) is 3.83. The van der Waals surface area contributed by atoms with Gasteiger partial charge in [0, 0.05) is 6.04 Å². The van der Waals surface area contributed by atoms with Gasteiger partial charge < -0.3 is 4.74 Å². The summed E-state index contributed by atoms with van der Waals surface area (Å²) in [5.41, 5.74) is 6.72. The van der Waals surface area contributed by atoms with Crippen LogP contribution in [0.4, 0.5) is 0 Å². The van der Waals surface area contributed by atoms with Crippen molar-refractivity contribution in [1.29, 1.82) is 0 Å². The summed E-state index contributed by atoms with van der Waals surface area (Å²) in [7, 11) is 1.67. The smallest absolute Gasteiger partial charge is 0.118 e. The van der Waals surface area contributed by atoms with Crippen molar-refractivity contribution in [2.24, 2.45) is 5.84 Å². The van der Waals surface area contributed by atoms with E-state index in [0.29, 0.717) is 0 Å². The van der Waals surface area contributed by atoms with Crippen molar-refractivity contribution in [3.05, 3.63) is 65.2 Å². The fourth-order valence-electron chi connectivity index (χ4n) is 2.36. The van der Waals surface area contributed by atoms with E-state index in [1.165, 1.54) is 16.7 Å². The van der Waals surface area contributed by atoms with Crippen molar-refractivity contribution >= 4 is 0 Å². The van der Waals surface area contributed by atoms with Crippen molar-refractivity contribution in [3.63, 3.8) is 0 Å². The summed E-state index contributed by atoms with van der Waals surface area (Å²) in [6.07, 6.45) is 1.97. The average Bonchev–Trinajstić information content (AvgIpc) is 2.48. The zero-order valence-corrected chi connectivity index (χ0v) is 12.1. The molecule has 0 saturated heterocycles. The van der Waals surface area contributed by atoms with Crippen LogP contribution in [0.2, 0.25) is 0 Å². The molecule has 0 spiro atoms. The minimum absolute atomic E-state index is 0.154. The Bertz CT molecular complexity index is 537. The molecule has 0 radical (unpaired) electrons. The van der Waals surface area contributed by atoms with Gasteiger partial charge >= 0.3 is 0 Å². The summed E-state index contributed by atoms with van der Waals surface area (Å²) in [5, 5.41) is 0. The molecule has 3 heteroatoms. The molecule has 0 bridgehead atoms. The van der Waals surface area contributed by atoms with Crippen LogP contribution in [0.15, 0.2) is 48.5 Å². The largest absolute Gasteiger partial charge is 0.497 e. The third-order valence-electron chi connectivity index (χ3n) is 3.52. The third-order valence-corrected chi connectivity index (χ3v) is 3.52. The molecule has 2 aromatic carbocycles. The number of nitrogens with one attached hydrogen (secondary N) is 1. The van der Waals surface area contributed by atoms with Crippen LogP contribution in [-0.4, -0.2) is 7.11 Å². The molecule has 0 fully saturated rings. The Kier molecular flexibility index (Phi) is 5.16. The summed E-state index contributed by atoms with van der Waals surface area (Å²) >= 11 is 0. The second kappa shape index (κ2) is 7.08. The van der Waals surface area contributed by atoms with Crippen LogP contribution >= 0.6 is 0 Å². The number of methoxy groups -OCH3 is 1. The number of benzene rings is 2. The van der Waals surface area contributed by atoms with Crippen LogP contribution in [0.5, 0.6) is 5.75 Å². The molecule has 106 valence electrons. The first kappa shape index (κ1) is 14.6. The first-order valence-corrected chi connectivity index (χ1v) is 6.88. The van der Waals surface area contributed by atoms with Crippen molar-refractivity contribution in [1.82, 2.24) is 5.43 Å². The first-order chi connectivity index (χ1) is 9.72. The summed E-state index contributed by atoms with van der Waals surface area (Å²) in [6, 6.07) is 16.8. The Hall–Kier alpha value is -1.84. The molecule has 3 N–H and O–H groups in total. The molecule has 20 heavy (non-hydrogen) atoms. The van der Waals surface area contributed by atoms with Gasteiger partial charge in [0.2, 0.25) is 0 Å². The van der Waals surface area contributed by atoms with E-state index in [4.69, 9.17) is 10.6 Å². The molecule has 2 aromatic rings. The molecule has 0 aliphatic heterocycles. The van der Waals surface area contributed by atoms with Crippen LogP contribution in [0.1, 0.15) is 29.2 Å². The van der Waals surface area contributed by atoms with E-state index in [1.807, 2.05) is 12.1 Å². The van der Waals surface area contributed by atoms with Crippen LogP contribution in [-0.2, 0) is 6.42 Å². The van der Waals surface area contributed by atoms with E-state index in [-0.39, 0.29) is 6.04 Å². The highest BCUT2D eigenvalue weighted by Crippen LogP contribution is 2.21. The number of ether oxygens (including phenoxy) is 1. The second-order valence-corrected chi connectivity index (χ2v) is 5.02. The molecule has 2 rings (SSSR count). The highest BCUT2D eigenvalue weighted by Gasteiger charge is 2.09. The Balaban J connectivity index is 2.01. The lowest BCUT2D eigenvalue weighted by Gasteiger charge is -2.17. The van der Waals surface area contributed by atoms with Crippen LogP contribution in [0.3, 0.4) is 0 Å². The monoisotopic (exact) mass is 270 g/mol. The number of hydrogen-bond acceptors (Lipinski definition) is 3. The van der Waals surface area contributed by atoms with Gasteiger partial charge in [-0.05, 0) is 43.0 Å². The number of aryl methyl sites for hydroxylation is 2. The summed E-state index contributed by atoms with van der Waals surface area (Å²) in [5.74, 6) is 6.55. The summed E-state index contributed by atoms with van der Waals surface area (Å²) in [4.78, 5) is 0. The van der Waals surface area contributed by atoms with Gasteiger partial charge in [0.1, 0.15) is 5.75 Å². The average molecular weight is 270 g/mol. The molecular formula is C17H22N2O. The Labute approximate surface area is 120 Å². The first-order valence-electron chi connectivity index (χ1n) is 6.88. The molecule has 0 aliphatic rings. The normalized spacial score (nSPS) is 12.2. The lowest BCUT2D eigenvalue weighted by molar-refractivity contribution is 0.414. The minimum atomic E-state index is 0.154. The maximum Gasteiger partial charge on any atom is 0.118 e. The predicted molar refractivity (Wildman–Crippen MR) is 82.6 cm³/mol. The molecule has 0 saturated carbocycles. The zero-order valence-electron chi connectivity index (χ0n) is 12.1. The van der Waals surface area contributed by atoms with Crippen molar-refractivity contribution in [2.75, 3.05) is 7.11 Å². The van der Waals surface area contributed by atoms with Gasteiger partial charge in [-0.3, -0.25) is 11.3 Å². The fourth-order valence-corrected chi connectivity index (χ4v) is 2.36. The Morgan fingerprint density at radius 2 is 1.90 bits per heavy atom. The van der Waals surface area contributed by atoms with Gasteiger partial charge in [0.05, 0.1) is 7.11 Å². The Morgan fingerprint density at radius 3 is 2.50 bits per heavy atom. The van der Waals surface area contributed by atoms with Gasteiger partial charge in [-0.15, -0.1) is 0 Å². The van der Waals surface area contributed by atoms with Crippen molar-refractivity contribution in [2.45, 2.75) is 25.8 Å². The molecule has 0 aromatic heterocycles. The zero-order chi connectivity index (χ0) is 14.4. The van der Waals surface area contributed by atoms with Gasteiger partial charge in [0.25, 0.3) is 0 Å². The fraction of sp³-hybridized carbons (Fsp3) is 0.294. The molecule has 0 heterocycles. The minimum Gasteiger partial charge on any atom is -0.497 e. The quantitative estimate of drug-likeness (QED) is 0.626. The van der Waals surface area contributed by atoms with E-state index >= 15 is 0 Å². The second-order valence-electron chi connectivity index (χ2n) is 5.02. The molecular weight excluding hydrogens is 248 g/mol. The molecule has 3 nitrogen and oxygen atoms in total. The molecule has 0 aliphatic carbocycles. The molecule has 1 unspecified atom stereocenters.